The lowest BCUT2D eigenvalue weighted by molar-refractivity contribution is -0.143. The standard InChI is InChI=1S/C15H21BF3NO3/c1-7(2)21-10-11(22-8(3)4)13(15(17,18)19)20-14(16)12(10)23-9(5)6/h7-9H,1-6H3/q-1. The molecule has 8 heteroatoms. The zero-order valence-electron chi connectivity index (χ0n) is 14.1. The number of ether oxygens (including phenoxy) is 3. The minimum absolute atomic E-state index is 0.0441. The van der Waals surface area contributed by atoms with Crippen molar-refractivity contribution in [2.75, 3.05) is 0 Å². The summed E-state index contributed by atoms with van der Waals surface area (Å²) in [5.41, 5.74) is -1.62. The van der Waals surface area contributed by atoms with Crippen LogP contribution in [0.4, 0.5) is 13.2 Å². The number of halogens is 3. The molecule has 0 unspecified atom stereocenters. The van der Waals surface area contributed by atoms with Gasteiger partial charge >= 0.3 is 6.18 Å². The molecule has 0 saturated carbocycles. The molecular formula is C15H21BF3NO3-. The minimum Gasteiger partial charge on any atom is -0.548 e. The van der Waals surface area contributed by atoms with Crippen molar-refractivity contribution in [2.24, 2.45) is 0 Å². The Morgan fingerprint density at radius 2 is 1.17 bits per heavy atom. The van der Waals surface area contributed by atoms with Crippen LogP contribution >= 0.6 is 0 Å². The maximum Gasteiger partial charge on any atom is 0.437 e. The van der Waals surface area contributed by atoms with Gasteiger partial charge in [-0.3, -0.25) is 4.98 Å². The van der Waals surface area contributed by atoms with E-state index in [4.69, 9.17) is 22.1 Å². The van der Waals surface area contributed by atoms with Gasteiger partial charge in [-0.1, -0.05) is 0 Å². The van der Waals surface area contributed by atoms with Crippen LogP contribution < -0.4 is 19.8 Å². The number of aromatic nitrogens is 1. The van der Waals surface area contributed by atoms with Crippen molar-refractivity contribution >= 4 is 13.4 Å². The predicted molar refractivity (Wildman–Crippen MR) is 81.9 cm³/mol. The second-order valence-corrected chi connectivity index (χ2v) is 5.83. The number of pyridine rings is 1. The summed E-state index contributed by atoms with van der Waals surface area (Å²) in [7, 11) is 5.67. The van der Waals surface area contributed by atoms with E-state index < -0.39 is 35.4 Å². The van der Waals surface area contributed by atoms with E-state index in [0.29, 0.717) is 0 Å². The van der Waals surface area contributed by atoms with E-state index in [-0.39, 0.29) is 17.6 Å². The van der Waals surface area contributed by atoms with Gasteiger partial charge < -0.3 is 22.1 Å². The van der Waals surface area contributed by atoms with Gasteiger partial charge in [0.2, 0.25) is 5.75 Å². The normalized spacial score (nSPS) is 12.2. The molecule has 1 aromatic rings. The first kappa shape index (κ1) is 19.5. The lowest BCUT2D eigenvalue weighted by Gasteiger charge is -2.28. The first-order chi connectivity index (χ1) is 10.4. The lowest BCUT2D eigenvalue weighted by atomic mass is 10.0. The SMILES string of the molecule is [B-]c1nc(C(F)(F)F)c(OC(C)C)c(OC(C)C)c1OC(C)C. The van der Waals surface area contributed by atoms with Crippen molar-refractivity contribution in [3.63, 3.8) is 0 Å². The molecule has 0 aliphatic carbocycles. The fraction of sp³-hybridized carbons (Fsp3) is 0.667. The monoisotopic (exact) mass is 331 g/mol. The summed E-state index contributed by atoms with van der Waals surface area (Å²) in [6.45, 7) is 10.0. The van der Waals surface area contributed by atoms with Crippen molar-refractivity contribution in [3.05, 3.63) is 5.69 Å². The third-order valence-electron chi connectivity index (χ3n) is 2.42. The average molecular weight is 331 g/mol. The van der Waals surface area contributed by atoms with Gasteiger partial charge in [0.05, 0.1) is 18.3 Å². The molecule has 1 aromatic heterocycles. The highest BCUT2D eigenvalue weighted by atomic mass is 19.4. The molecule has 23 heavy (non-hydrogen) atoms. The number of hydrogen-bond donors (Lipinski definition) is 0. The van der Waals surface area contributed by atoms with Crippen molar-refractivity contribution in [3.8, 4) is 17.2 Å². The van der Waals surface area contributed by atoms with Gasteiger partial charge in [0.15, 0.2) is 11.4 Å². The van der Waals surface area contributed by atoms with Crippen molar-refractivity contribution in [2.45, 2.75) is 66.0 Å². The largest absolute Gasteiger partial charge is 0.548 e. The van der Waals surface area contributed by atoms with Crippen LogP contribution in [-0.2, 0) is 6.18 Å². The number of rotatable bonds is 6. The smallest absolute Gasteiger partial charge is 0.437 e. The van der Waals surface area contributed by atoms with Crippen molar-refractivity contribution in [1.29, 1.82) is 0 Å². The van der Waals surface area contributed by atoms with Gasteiger partial charge in [0.1, 0.15) is 5.75 Å². The van der Waals surface area contributed by atoms with Crippen LogP contribution in [0.3, 0.4) is 0 Å². The van der Waals surface area contributed by atoms with Crippen LogP contribution in [0.15, 0.2) is 0 Å². The highest BCUT2D eigenvalue weighted by Gasteiger charge is 2.39. The summed E-state index contributed by atoms with van der Waals surface area (Å²) in [6, 6.07) is 0. The van der Waals surface area contributed by atoms with Gasteiger partial charge in [0, 0.05) is 0 Å². The van der Waals surface area contributed by atoms with E-state index in [9.17, 15) is 13.2 Å². The van der Waals surface area contributed by atoms with Gasteiger partial charge in [-0.15, -0.1) is 0 Å². The molecule has 0 aliphatic heterocycles. The fourth-order valence-electron chi connectivity index (χ4n) is 1.78. The molecule has 1 heterocycles. The second-order valence-electron chi connectivity index (χ2n) is 5.83. The van der Waals surface area contributed by atoms with E-state index in [0.717, 1.165) is 0 Å². The quantitative estimate of drug-likeness (QED) is 0.751. The van der Waals surface area contributed by atoms with Crippen LogP contribution in [0.2, 0.25) is 0 Å². The molecule has 4 nitrogen and oxygen atoms in total. The molecule has 1 rings (SSSR count). The Bertz CT molecular complexity index is 546. The van der Waals surface area contributed by atoms with Crippen LogP contribution in [0.25, 0.3) is 0 Å². The average Bonchev–Trinajstić information content (AvgIpc) is 2.33. The molecule has 0 bridgehead atoms. The molecule has 3 radical (unpaired) electrons. The third kappa shape index (κ3) is 5.22. The highest BCUT2D eigenvalue weighted by Crippen LogP contribution is 2.45. The summed E-state index contributed by atoms with van der Waals surface area (Å²) in [6.07, 6.45) is -5.97. The molecular weight excluding hydrogens is 310 g/mol. The van der Waals surface area contributed by atoms with Crippen LogP contribution in [-0.4, -0.2) is 31.1 Å². The zero-order chi connectivity index (χ0) is 17.9. The summed E-state index contributed by atoms with van der Waals surface area (Å²) < 4.78 is 56.3. The lowest BCUT2D eigenvalue weighted by Crippen LogP contribution is -2.26. The number of nitrogens with zero attached hydrogens (tertiary/aromatic N) is 1. The van der Waals surface area contributed by atoms with E-state index in [1.807, 2.05) is 0 Å². The molecule has 0 N–H and O–H groups in total. The second kappa shape index (κ2) is 7.32. The molecule has 0 spiro atoms. The van der Waals surface area contributed by atoms with E-state index >= 15 is 0 Å². The predicted octanol–water partition coefficient (Wildman–Crippen LogP) is 3.26. The Morgan fingerprint density at radius 1 is 0.783 bits per heavy atom. The first-order valence-electron chi connectivity index (χ1n) is 7.34. The van der Waals surface area contributed by atoms with Gasteiger partial charge in [-0.05, 0) is 41.5 Å². The molecule has 0 aliphatic rings. The van der Waals surface area contributed by atoms with Crippen LogP contribution in [0, 0.1) is 0 Å². The summed E-state index contributed by atoms with van der Waals surface area (Å²) in [5.74, 6) is -0.731. The molecule has 0 aromatic carbocycles. The minimum atomic E-state index is -4.73. The highest BCUT2D eigenvalue weighted by molar-refractivity contribution is 6.33. The Kier molecular flexibility index (Phi) is 6.19. The Labute approximate surface area is 135 Å². The molecule has 0 fully saturated rings. The maximum absolute atomic E-state index is 13.3. The van der Waals surface area contributed by atoms with Gasteiger partial charge in [-0.25, -0.2) is 0 Å². The van der Waals surface area contributed by atoms with Crippen LogP contribution in [0.1, 0.15) is 47.2 Å². The Morgan fingerprint density at radius 3 is 1.57 bits per heavy atom. The van der Waals surface area contributed by atoms with Gasteiger partial charge in [0.25, 0.3) is 0 Å². The third-order valence-corrected chi connectivity index (χ3v) is 2.42. The maximum atomic E-state index is 13.3. The Balaban J connectivity index is 3.66. The first-order valence-corrected chi connectivity index (χ1v) is 7.34. The summed E-state index contributed by atoms with van der Waals surface area (Å²) in [4.78, 5) is 3.44. The van der Waals surface area contributed by atoms with Gasteiger partial charge in [-0.2, -0.15) is 18.8 Å². The van der Waals surface area contributed by atoms with Crippen molar-refractivity contribution in [1.82, 2.24) is 4.98 Å². The molecule has 0 atom stereocenters. The van der Waals surface area contributed by atoms with E-state index in [1.54, 1.807) is 41.5 Å². The summed E-state index contributed by atoms with van der Waals surface area (Å²) >= 11 is 0. The van der Waals surface area contributed by atoms with Crippen molar-refractivity contribution < 1.29 is 27.4 Å². The van der Waals surface area contributed by atoms with Crippen LogP contribution in [0.5, 0.6) is 17.2 Å². The zero-order valence-corrected chi connectivity index (χ0v) is 14.1. The molecule has 0 saturated heterocycles. The van der Waals surface area contributed by atoms with E-state index in [2.05, 4.69) is 4.98 Å². The number of alkyl halides is 3. The topological polar surface area (TPSA) is 40.6 Å². The fourth-order valence-corrected chi connectivity index (χ4v) is 1.78. The molecule has 0 amide bonds. The van der Waals surface area contributed by atoms with E-state index in [1.165, 1.54) is 0 Å². The Hall–Kier alpha value is -1.60. The number of hydrogen-bond acceptors (Lipinski definition) is 4. The summed E-state index contributed by atoms with van der Waals surface area (Å²) in [5, 5.41) is 0. The molecule has 129 valence electrons.